The molecule has 1 unspecified atom stereocenters. The minimum absolute atomic E-state index is 0. The number of aliphatic carboxylic acids is 1. The number of hydrogen-bond acceptors (Lipinski definition) is 11. The summed E-state index contributed by atoms with van der Waals surface area (Å²) in [4.78, 5) is 32.2. The van der Waals surface area contributed by atoms with Crippen molar-refractivity contribution in [1.29, 1.82) is 0 Å². The van der Waals surface area contributed by atoms with Crippen molar-refractivity contribution in [2.24, 2.45) is 5.73 Å². The molecule has 6 aromatic carbocycles. The van der Waals surface area contributed by atoms with Gasteiger partial charge in [0.05, 0.1) is 22.2 Å². The number of nitrogens with zero attached hydrogens (tertiary/aromatic N) is 4. The highest BCUT2D eigenvalue weighted by Crippen LogP contribution is 2.33. The van der Waals surface area contributed by atoms with Gasteiger partial charge < -0.3 is 45.6 Å². The van der Waals surface area contributed by atoms with Crippen LogP contribution in [0.2, 0.25) is 10.0 Å². The molecule has 450 valence electrons. The van der Waals surface area contributed by atoms with Gasteiger partial charge in [-0.25, -0.2) is 4.79 Å². The molecule has 4 atom stereocenters. The number of carboxylic acid groups (broad SMARTS) is 1. The predicted molar refractivity (Wildman–Crippen MR) is 321 cm³/mol. The van der Waals surface area contributed by atoms with Gasteiger partial charge >= 0.3 is 17.8 Å². The molecule has 0 aromatic heterocycles. The van der Waals surface area contributed by atoms with E-state index in [4.69, 9.17) is 43.5 Å². The summed E-state index contributed by atoms with van der Waals surface area (Å²) in [5, 5.41) is 37.5. The van der Waals surface area contributed by atoms with E-state index < -0.39 is 54.8 Å². The molecule has 10 rings (SSSR count). The number of ether oxygens (including phenoxy) is 2. The van der Waals surface area contributed by atoms with Crippen molar-refractivity contribution in [3.63, 3.8) is 0 Å². The third-order valence-corrected chi connectivity index (χ3v) is 16.6. The van der Waals surface area contributed by atoms with Gasteiger partial charge in [-0.05, 0) is 172 Å². The summed E-state index contributed by atoms with van der Waals surface area (Å²) < 4.78 is 67.7. The molecule has 83 heavy (non-hydrogen) atoms. The van der Waals surface area contributed by atoms with Crippen molar-refractivity contribution in [1.82, 2.24) is 24.9 Å². The van der Waals surface area contributed by atoms with E-state index in [0.29, 0.717) is 46.9 Å². The van der Waals surface area contributed by atoms with E-state index in [2.05, 4.69) is 24.9 Å². The van der Waals surface area contributed by atoms with Crippen molar-refractivity contribution >= 4 is 56.6 Å². The van der Waals surface area contributed by atoms with Gasteiger partial charge in [0.15, 0.2) is 0 Å². The highest BCUT2D eigenvalue weighted by atomic mass is 35.5. The number of aryl methyl sites for hydroxylation is 2. The van der Waals surface area contributed by atoms with Gasteiger partial charge in [-0.3, -0.25) is 14.6 Å². The van der Waals surface area contributed by atoms with Gasteiger partial charge in [0.2, 0.25) is 0 Å². The largest absolute Gasteiger partial charge is 0.491 e. The Morgan fingerprint density at radius 2 is 0.976 bits per heavy atom. The number of hydrogen-bond donors (Lipinski definition) is 5. The summed E-state index contributed by atoms with van der Waals surface area (Å²) in [5.74, 6) is -9.53. The quantitative estimate of drug-likeness (QED) is 0.0345. The number of aliphatic hydroxyl groups is 2. The van der Waals surface area contributed by atoms with Crippen molar-refractivity contribution in [2.45, 2.75) is 100 Å². The summed E-state index contributed by atoms with van der Waals surface area (Å²) >= 11 is 12.8. The average molecular weight is 1190 g/mol. The zero-order chi connectivity index (χ0) is 58.9. The summed E-state index contributed by atoms with van der Waals surface area (Å²) in [6, 6.07) is 35.5. The molecule has 4 saturated heterocycles. The highest BCUT2D eigenvalue weighted by Gasteiger charge is 2.41. The SMILES string of the molecule is N[C@H](CN1CCCC1)C(O)c1ccc(OCCN2CCC2)c(Cl)c1.O=C(N[C@H](CN1CCCC1)[C@H](O)c1ccc(OCCN2CCC2)c(Cl)c1)C(F)(F)CCc1ccc2ccccc2c1.O=C(O)C(F)(F)CCc1ccc2ccccc2c1.[3HH]. The fourth-order valence-electron chi connectivity index (χ4n) is 10.6. The van der Waals surface area contributed by atoms with Crippen LogP contribution >= 0.6 is 23.2 Å². The number of nitrogens with one attached hydrogen (secondary N) is 1. The van der Waals surface area contributed by atoms with E-state index in [1.165, 1.54) is 25.7 Å². The highest BCUT2D eigenvalue weighted by molar-refractivity contribution is 6.32. The smallest absolute Gasteiger partial charge is 0.374 e. The normalized spacial score (nSPS) is 17.5. The number of carboxylic acids is 1. The van der Waals surface area contributed by atoms with Gasteiger partial charge in [-0.15, -0.1) is 0 Å². The number of alkyl halides is 4. The third kappa shape index (κ3) is 18.7. The molecular formula is C64H80Cl2F4N6O7. The van der Waals surface area contributed by atoms with Crippen LogP contribution in [0.5, 0.6) is 11.5 Å². The molecule has 13 nitrogen and oxygen atoms in total. The Labute approximate surface area is 495 Å². The lowest BCUT2D eigenvalue weighted by Crippen LogP contribution is -2.51. The first-order valence-corrected chi connectivity index (χ1v) is 29.8. The van der Waals surface area contributed by atoms with E-state index >= 15 is 8.78 Å². The van der Waals surface area contributed by atoms with Crippen LogP contribution in [-0.4, -0.2) is 162 Å². The zero-order valence-electron chi connectivity index (χ0n) is 46.9. The Balaban J connectivity index is 0.000000199. The lowest BCUT2D eigenvalue weighted by atomic mass is 9.99. The Bertz CT molecular complexity index is 3060. The van der Waals surface area contributed by atoms with Gasteiger partial charge in [-0.2, -0.15) is 17.6 Å². The van der Waals surface area contributed by atoms with Crippen molar-refractivity contribution in [3.05, 3.63) is 154 Å². The molecular weight excluding hydrogens is 1110 g/mol. The van der Waals surface area contributed by atoms with Crippen molar-refractivity contribution in [3.8, 4) is 11.5 Å². The molecule has 0 spiro atoms. The van der Waals surface area contributed by atoms with Crippen LogP contribution in [0.25, 0.3) is 21.5 Å². The predicted octanol–water partition coefficient (Wildman–Crippen LogP) is 11.1. The molecule has 0 saturated carbocycles. The molecule has 19 heteroatoms. The maximum atomic E-state index is 15.1. The second-order valence-corrected chi connectivity index (χ2v) is 23.0. The Morgan fingerprint density at radius 3 is 1.41 bits per heavy atom. The average Bonchev–Trinajstić information content (AvgIpc) is 4.21. The minimum Gasteiger partial charge on any atom is -0.491 e. The summed E-state index contributed by atoms with van der Waals surface area (Å²) in [5.41, 5.74) is 8.83. The monoisotopic (exact) mass is 1190 g/mol. The number of rotatable bonds is 25. The summed E-state index contributed by atoms with van der Waals surface area (Å²) in [7, 11) is 0. The van der Waals surface area contributed by atoms with Crippen molar-refractivity contribution < 1.29 is 53.4 Å². The van der Waals surface area contributed by atoms with E-state index in [-0.39, 0.29) is 26.9 Å². The molecule has 4 heterocycles. The van der Waals surface area contributed by atoms with Crippen LogP contribution in [0.3, 0.4) is 0 Å². The van der Waals surface area contributed by atoms with Gasteiger partial charge in [0.1, 0.15) is 30.8 Å². The Kier molecular flexibility index (Phi) is 23.3. The number of carbonyl (C=O) groups excluding carboxylic acids is 1. The van der Waals surface area contributed by atoms with Crippen LogP contribution in [0, 0.1) is 0 Å². The van der Waals surface area contributed by atoms with Crippen LogP contribution in [-0.2, 0) is 22.4 Å². The van der Waals surface area contributed by atoms with E-state index in [1.807, 2.05) is 91.0 Å². The maximum Gasteiger partial charge on any atom is 0.374 e. The van der Waals surface area contributed by atoms with Crippen molar-refractivity contribution in [2.75, 3.05) is 91.8 Å². The first-order chi connectivity index (χ1) is 39.9. The van der Waals surface area contributed by atoms with Crippen LogP contribution in [0.4, 0.5) is 17.6 Å². The maximum absolute atomic E-state index is 15.1. The molecule has 0 bridgehead atoms. The van der Waals surface area contributed by atoms with E-state index in [1.54, 1.807) is 30.3 Å². The van der Waals surface area contributed by atoms with Crippen LogP contribution in [0.15, 0.2) is 121 Å². The molecule has 4 aliphatic heterocycles. The zero-order valence-corrected chi connectivity index (χ0v) is 48.4. The van der Waals surface area contributed by atoms with Crippen LogP contribution in [0.1, 0.15) is 87.3 Å². The number of halogens is 6. The number of fused-ring (bicyclic) bond motifs is 2. The molecule has 4 fully saturated rings. The Morgan fingerprint density at radius 1 is 0.554 bits per heavy atom. The first kappa shape index (κ1) is 63.4. The lowest BCUT2D eigenvalue weighted by Gasteiger charge is -2.31. The minimum atomic E-state index is -3.66. The molecule has 1 amide bonds. The number of nitrogens with two attached hydrogens (primary N) is 1. The topological polar surface area (TPSA) is 164 Å². The van der Waals surface area contributed by atoms with Gasteiger partial charge in [0, 0.05) is 46.5 Å². The van der Waals surface area contributed by atoms with E-state index in [9.17, 15) is 28.6 Å². The molecule has 4 aliphatic rings. The first-order valence-electron chi connectivity index (χ1n) is 29.0. The second kappa shape index (κ2) is 30.5. The molecule has 6 aromatic rings. The van der Waals surface area contributed by atoms with Crippen LogP contribution < -0.4 is 20.5 Å². The van der Waals surface area contributed by atoms with E-state index in [0.717, 1.165) is 117 Å². The Hall–Kier alpha value is -5.60. The summed E-state index contributed by atoms with van der Waals surface area (Å²) in [6.45, 7) is 12.1. The third-order valence-electron chi connectivity index (χ3n) is 16.0. The molecule has 0 radical (unpaired) electrons. The number of benzene rings is 6. The number of aliphatic hydroxyl groups excluding tert-OH is 2. The number of amides is 1. The lowest BCUT2D eigenvalue weighted by molar-refractivity contribution is -0.165. The number of carbonyl (C=O) groups is 2. The van der Waals surface area contributed by atoms with Gasteiger partial charge in [0.25, 0.3) is 5.91 Å². The fourth-order valence-corrected chi connectivity index (χ4v) is 11.1. The fraction of sp³-hybridized carbons (Fsp3) is 0.469. The second-order valence-electron chi connectivity index (χ2n) is 22.2. The molecule has 6 N–H and O–H groups in total. The van der Waals surface area contributed by atoms with Gasteiger partial charge in [-0.1, -0.05) is 120 Å². The molecule has 0 aliphatic carbocycles. The standard InChI is InChI=1S/C32H38ClF2N3O3.C18H28ClN3O2.C14H12F2O2.H2/c33-27-21-26(10-11-29(27)41-19-18-37-16-5-17-37)30(39)28(22-38-14-3-4-15-38)36-31(40)32(34,35)13-12-23-8-9-24-6-1-2-7-25(24)20-23;19-15-12-14(18(23)16(20)13-22-6-1-2-7-22)4-5-17(15)24-11-10-21-8-3-9-21;15-14(16,13(17)18)8-7-10-5-6-11-3-1-2-4-12(11)9-10;/h1-2,6-11,20-21,28,30,39H,3-5,12-19,22H2,(H,36,40);4-5,12,16,18,23H,1-3,6-11,13,20H2;1-6,9H,7-8H2,(H,17,18);1H/t28-,30-;16-,18?;;/m11../s1/i;;;1+2. The number of likely N-dealkylation sites (tertiary alicyclic amines) is 4. The summed E-state index contributed by atoms with van der Waals surface area (Å²) in [6.07, 6.45) is 3.78.